The molecule has 0 aliphatic rings. The number of urea groups is 1. The van der Waals surface area contributed by atoms with Gasteiger partial charge in [0.2, 0.25) is 5.91 Å². The van der Waals surface area contributed by atoms with Crippen molar-refractivity contribution in [3.05, 3.63) is 23.8 Å². The molecule has 4 N–H and O–H groups in total. The Kier molecular flexibility index (Phi) is 6.31. The van der Waals surface area contributed by atoms with Gasteiger partial charge < -0.3 is 20.5 Å². The summed E-state index contributed by atoms with van der Waals surface area (Å²) < 4.78 is 10.4. The van der Waals surface area contributed by atoms with Crippen molar-refractivity contribution >= 4 is 11.9 Å². The van der Waals surface area contributed by atoms with Crippen molar-refractivity contribution in [3.8, 4) is 11.5 Å². The van der Waals surface area contributed by atoms with Gasteiger partial charge in [0.25, 0.3) is 0 Å². The summed E-state index contributed by atoms with van der Waals surface area (Å²) in [5.41, 5.74) is 5.87. The minimum Gasteiger partial charge on any atom is -0.493 e. The van der Waals surface area contributed by atoms with Gasteiger partial charge in [-0.05, 0) is 30.7 Å². The van der Waals surface area contributed by atoms with Gasteiger partial charge in [-0.25, -0.2) is 4.79 Å². The zero-order valence-corrected chi connectivity index (χ0v) is 11.6. The monoisotopic (exact) mass is 281 g/mol. The number of hydrogen-bond acceptors (Lipinski definition) is 5. The molecule has 0 heterocycles. The number of nitrogens with two attached hydrogens (primary N) is 1. The molecule has 7 nitrogen and oxygen atoms in total. The fraction of sp³-hybridized carbons (Fsp3) is 0.385. The maximum absolute atomic E-state index is 11.1. The predicted molar refractivity (Wildman–Crippen MR) is 73.8 cm³/mol. The van der Waals surface area contributed by atoms with E-state index in [9.17, 15) is 9.59 Å². The molecule has 0 saturated heterocycles. The highest BCUT2D eigenvalue weighted by Gasteiger charge is 2.05. The van der Waals surface area contributed by atoms with Crippen LogP contribution in [0.3, 0.4) is 0 Å². The van der Waals surface area contributed by atoms with Gasteiger partial charge >= 0.3 is 6.03 Å². The van der Waals surface area contributed by atoms with E-state index in [1.165, 1.54) is 0 Å². The van der Waals surface area contributed by atoms with Crippen LogP contribution in [0.5, 0.6) is 11.5 Å². The van der Waals surface area contributed by atoms with Crippen LogP contribution < -0.4 is 25.8 Å². The summed E-state index contributed by atoms with van der Waals surface area (Å²) in [7, 11) is 3.16. The summed E-state index contributed by atoms with van der Waals surface area (Å²) >= 11 is 0. The SMILES string of the molecule is COc1ccc(CCNCC(=O)NC(N)=O)cc1OC. The van der Waals surface area contributed by atoms with Crippen LogP contribution in [0, 0.1) is 0 Å². The molecule has 7 heteroatoms. The Morgan fingerprint density at radius 3 is 2.50 bits per heavy atom. The number of benzene rings is 1. The van der Waals surface area contributed by atoms with Crippen molar-refractivity contribution in [3.63, 3.8) is 0 Å². The van der Waals surface area contributed by atoms with Gasteiger partial charge in [0.1, 0.15) is 0 Å². The van der Waals surface area contributed by atoms with E-state index >= 15 is 0 Å². The van der Waals surface area contributed by atoms with Gasteiger partial charge in [-0.15, -0.1) is 0 Å². The summed E-state index contributed by atoms with van der Waals surface area (Å²) in [5, 5.41) is 4.89. The molecule has 3 amide bonds. The first kappa shape index (κ1) is 15.8. The van der Waals surface area contributed by atoms with E-state index in [1.54, 1.807) is 14.2 Å². The third-order valence-corrected chi connectivity index (χ3v) is 2.59. The van der Waals surface area contributed by atoms with E-state index in [0.29, 0.717) is 24.5 Å². The summed E-state index contributed by atoms with van der Waals surface area (Å²) in [5.74, 6) is 0.881. The normalized spacial score (nSPS) is 9.90. The Bertz CT molecular complexity index is 477. The van der Waals surface area contributed by atoms with E-state index < -0.39 is 11.9 Å². The quantitative estimate of drug-likeness (QED) is 0.612. The minimum absolute atomic E-state index is 0.0379. The van der Waals surface area contributed by atoms with Gasteiger partial charge in [-0.3, -0.25) is 10.1 Å². The van der Waals surface area contributed by atoms with Crippen molar-refractivity contribution in [2.45, 2.75) is 6.42 Å². The van der Waals surface area contributed by atoms with E-state index in [4.69, 9.17) is 15.2 Å². The minimum atomic E-state index is -0.850. The number of ether oxygens (including phenoxy) is 2. The van der Waals surface area contributed by atoms with Gasteiger partial charge in [0.05, 0.1) is 20.8 Å². The molecule has 0 bridgehead atoms. The zero-order valence-electron chi connectivity index (χ0n) is 11.6. The van der Waals surface area contributed by atoms with Crippen LogP contribution in [0.4, 0.5) is 4.79 Å². The van der Waals surface area contributed by atoms with Crippen molar-refractivity contribution in [2.24, 2.45) is 5.73 Å². The first-order valence-corrected chi connectivity index (χ1v) is 6.07. The van der Waals surface area contributed by atoms with Gasteiger partial charge in [0, 0.05) is 0 Å². The predicted octanol–water partition coefficient (Wildman–Crippen LogP) is 0.0308. The second-order valence-corrected chi connectivity index (χ2v) is 4.03. The Labute approximate surface area is 117 Å². The fourth-order valence-electron chi connectivity index (χ4n) is 1.65. The van der Waals surface area contributed by atoms with Crippen LogP contribution in [0.15, 0.2) is 18.2 Å². The number of hydrogen-bond donors (Lipinski definition) is 3. The lowest BCUT2D eigenvalue weighted by molar-refractivity contribution is -0.119. The summed E-state index contributed by atoms with van der Waals surface area (Å²) in [6.07, 6.45) is 0.713. The average Bonchev–Trinajstić information content (AvgIpc) is 2.42. The number of carbonyl (C=O) groups is 2. The van der Waals surface area contributed by atoms with E-state index in [0.717, 1.165) is 5.56 Å². The number of rotatable bonds is 7. The summed E-state index contributed by atoms with van der Waals surface area (Å²) in [6, 6.07) is 4.78. The highest BCUT2D eigenvalue weighted by Crippen LogP contribution is 2.27. The topological polar surface area (TPSA) is 103 Å². The molecule has 0 aromatic heterocycles. The first-order chi connectivity index (χ1) is 9.56. The van der Waals surface area contributed by atoms with E-state index in [2.05, 4.69) is 5.32 Å². The Morgan fingerprint density at radius 1 is 1.20 bits per heavy atom. The van der Waals surface area contributed by atoms with Crippen LogP contribution in [0.25, 0.3) is 0 Å². The van der Waals surface area contributed by atoms with Crippen molar-refractivity contribution in [1.29, 1.82) is 0 Å². The van der Waals surface area contributed by atoms with Crippen molar-refractivity contribution < 1.29 is 19.1 Å². The third kappa shape index (κ3) is 5.15. The van der Waals surface area contributed by atoms with Crippen molar-refractivity contribution in [1.82, 2.24) is 10.6 Å². The number of carbonyl (C=O) groups excluding carboxylic acids is 2. The number of nitrogens with one attached hydrogen (secondary N) is 2. The molecule has 0 aliphatic carbocycles. The lowest BCUT2D eigenvalue weighted by Crippen LogP contribution is -2.40. The second kappa shape index (κ2) is 8.00. The first-order valence-electron chi connectivity index (χ1n) is 6.07. The smallest absolute Gasteiger partial charge is 0.318 e. The van der Waals surface area contributed by atoms with Crippen LogP contribution >= 0.6 is 0 Å². The highest BCUT2D eigenvalue weighted by atomic mass is 16.5. The average molecular weight is 281 g/mol. The molecule has 0 spiro atoms. The molecular formula is C13H19N3O4. The van der Waals surface area contributed by atoms with Crippen LogP contribution in [-0.2, 0) is 11.2 Å². The van der Waals surface area contributed by atoms with E-state index in [1.807, 2.05) is 23.5 Å². The Balaban J connectivity index is 2.39. The molecule has 0 atom stereocenters. The fourth-order valence-corrected chi connectivity index (χ4v) is 1.65. The number of imide groups is 1. The van der Waals surface area contributed by atoms with Crippen LogP contribution in [0.2, 0.25) is 0 Å². The molecule has 0 radical (unpaired) electrons. The van der Waals surface area contributed by atoms with Crippen LogP contribution in [-0.4, -0.2) is 39.2 Å². The molecule has 0 unspecified atom stereocenters. The number of primary amides is 1. The van der Waals surface area contributed by atoms with Crippen LogP contribution in [0.1, 0.15) is 5.56 Å². The molecule has 1 rings (SSSR count). The van der Waals surface area contributed by atoms with Crippen molar-refractivity contribution in [2.75, 3.05) is 27.3 Å². The maximum Gasteiger partial charge on any atom is 0.318 e. The second-order valence-electron chi connectivity index (χ2n) is 4.03. The molecule has 0 saturated carbocycles. The van der Waals surface area contributed by atoms with Gasteiger partial charge in [-0.1, -0.05) is 6.07 Å². The molecule has 1 aromatic rings. The summed E-state index contributed by atoms with van der Waals surface area (Å²) in [4.78, 5) is 21.6. The Hall–Kier alpha value is -2.28. The van der Waals surface area contributed by atoms with Gasteiger partial charge in [0.15, 0.2) is 11.5 Å². The highest BCUT2D eigenvalue weighted by molar-refractivity contribution is 5.94. The summed E-state index contributed by atoms with van der Waals surface area (Å²) in [6.45, 7) is 0.623. The molecule has 1 aromatic carbocycles. The van der Waals surface area contributed by atoms with Gasteiger partial charge in [-0.2, -0.15) is 0 Å². The Morgan fingerprint density at radius 2 is 1.90 bits per heavy atom. The molecule has 110 valence electrons. The molecule has 0 aliphatic heterocycles. The number of methoxy groups -OCH3 is 2. The zero-order chi connectivity index (χ0) is 15.0. The molecule has 0 fully saturated rings. The lowest BCUT2D eigenvalue weighted by atomic mass is 10.1. The largest absolute Gasteiger partial charge is 0.493 e. The lowest BCUT2D eigenvalue weighted by Gasteiger charge is -2.10. The standard InChI is InChI=1S/C13H19N3O4/c1-19-10-4-3-9(7-11(10)20-2)5-6-15-8-12(17)16-13(14)18/h3-4,7,15H,5-6,8H2,1-2H3,(H3,14,16,17,18). The van der Waals surface area contributed by atoms with E-state index in [-0.39, 0.29) is 6.54 Å². The maximum atomic E-state index is 11.1. The third-order valence-electron chi connectivity index (χ3n) is 2.59. The molecular weight excluding hydrogens is 262 g/mol. The molecule has 20 heavy (non-hydrogen) atoms. The number of amides is 3.